The summed E-state index contributed by atoms with van der Waals surface area (Å²) in [6.45, 7) is 2.84. The summed E-state index contributed by atoms with van der Waals surface area (Å²) in [6, 6.07) is 22.3. The number of fused-ring (bicyclic) bond motifs is 3. The number of anilines is 1. The predicted molar refractivity (Wildman–Crippen MR) is 138 cm³/mol. The zero-order valence-corrected chi connectivity index (χ0v) is 19.6. The molecule has 0 aliphatic carbocycles. The van der Waals surface area contributed by atoms with Crippen LogP contribution in [0.1, 0.15) is 10.5 Å². The topological polar surface area (TPSA) is 61.5 Å². The van der Waals surface area contributed by atoms with Gasteiger partial charge in [0.15, 0.2) is 0 Å². The molecule has 0 bridgehead atoms. The number of aromatic amines is 1. The molecule has 1 saturated heterocycles. The molecule has 0 unspecified atom stereocenters. The highest BCUT2D eigenvalue weighted by Crippen LogP contribution is 2.35. The van der Waals surface area contributed by atoms with Crippen molar-refractivity contribution in [3.63, 3.8) is 0 Å². The van der Waals surface area contributed by atoms with E-state index in [1.54, 1.807) is 18.4 Å². The van der Waals surface area contributed by atoms with Gasteiger partial charge in [-0.2, -0.15) is 0 Å². The number of hydrogen-bond acceptors (Lipinski definition) is 5. The van der Waals surface area contributed by atoms with Crippen LogP contribution >= 0.6 is 11.3 Å². The number of nitrogens with one attached hydrogen (secondary N) is 1. The molecule has 1 N–H and O–H groups in total. The number of H-pyrrole nitrogens is 1. The lowest BCUT2D eigenvalue weighted by Crippen LogP contribution is -2.49. The molecule has 4 heterocycles. The number of para-hydroxylation sites is 1. The normalized spacial score (nSPS) is 14.1. The van der Waals surface area contributed by atoms with Crippen molar-refractivity contribution < 1.29 is 9.53 Å². The third kappa shape index (κ3) is 3.58. The highest BCUT2D eigenvalue weighted by molar-refractivity contribution is 7.13. The van der Waals surface area contributed by atoms with Crippen LogP contribution in [0.4, 0.5) is 5.69 Å². The van der Waals surface area contributed by atoms with E-state index in [1.165, 1.54) is 0 Å². The van der Waals surface area contributed by atoms with E-state index in [9.17, 15) is 4.79 Å². The van der Waals surface area contributed by atoms with E-state index in [2.05, 4.69) is 34.1 Å². The van der Waals surface area contributed by atoms with E-state index in [0.717, 1.165) is 56.9 Å². The summed E-state index contributed by atoms with van der Waals surface area (Å²) in [5.74, 6) is 0.823. The summed E-state index contributed by atoms with van der Waals surface area (Å²) >= 11 is 1.63. The number of aromatic nitrogens is 2. The Balaban J connectivity index is 1.32. The van der Waals surface area contributed by atoms with Gasteiger partial charge in [-0.15, -0.1) is 11.3 Å². The first kappa shape index (κ1) is 20.7. The molecular formula is C27H24N4O2S. The summed E-state index contributed by atoms with van der Waals surface area (Å²) in [7, 11) is 1.68. The van der Waals surface area contributed by atoms with Crippen molar-refractivity contribution >= 4 is 44.7 Å². The summed E-state index contributed by atoms with van der Waals surface area (Å²) in [5, 5.41) is 4.18. The second-order valence-electron chi connectivity index (χ2n) is 8.41. The van der Waals surface area contributed by atoms with E-state index < -0.39 is 0 Å². The van der Waals surface area contributed by atoms with Crippen LogP contribution in [0.25, 0.3) is 32.4 Å². The van der Waals surface area contributed by atoms with Crippen molar-refractivity contribution in [2.24, 2.45) is 0 Å². The van der Waals surface area contributed by atoms with Crippen LogP contribution in [0.15, 0.2) is 72.1 Å². The molecule has 1 aliphatic heterocycles. The molecule has 1 fully saturated rings. The number of rotatable bonds is 4. The van der Waals surface area contributed by atoms with Crippen molar-refractivity contribution in [1.29, 1.82) is 0 Å². The van der Waals surface area contributed by atoms with E-state index in [0.29, 0.717) is 18.8 Å². The molecule has 0 saturated carbocycles. The molecule has 0 spiro atoms. The molecule has 3 aromatic heterocycles. The van der Waals surface area contributed by atoms with Gasteiger partial charge in [0.1, 0.15) is 17.1 Å². The first-order chi connectivity index (χ1) is 16.7. The van der Waals surface area contributed by atoms with E-state index in [4.69, 9.17) is 9.72 Å². The van der Waals surface area contributed by atoms with Crippen LogP contribution < -0.4 is 9.64 Å². The first-order valence-corrected chi connectivity index (χ1v) is 12.2. The number of ether oxygens (including phenoxy) is 1. The second-order valence-corrected chi connectivity index (χ2v) is 9.35. The zero-order chi connectivity index (χ0) is 23.1. The quantitative estimate of drug-likeness (QED) is 0.383. The molecule has 0 atom stereocenters. The van der Waals surface area contributed by atoms with Crippen molar-refractivity contribution in [2.75, 3.05) is 38.2 Å². The minimum atomic E-state index is -0.0183. The predicted octanol–water partition coefficient (Wildman–Crippen LogP) is 5.42. The summed E-state index contributed by atoms with van der Waals surface area (Å²) in [4.78, 5) is 27.2. The third-order valence-corrected chi connectivity index (χ3v) is 7.33. The Morgan fingerprint density at radius 2 is 1.82 bits per heavy atom. The van der Waals surface area contributed by atoms with Gasteiger partial charge in [-0.1, -0.05) is 30.3 Å². The Kier molecular flexibility index (Phi) is 5.19. The summed E-state index contributed by atoms with van der Waals surface area (Å²) in [5.41, 5.74) is 4.47. The fourth-order valence-corrected chi connectivity index (χ4v) is 5.40. The van der Waals surface area contributed by atoms with Crippen molar-refractivity contribution in [2.45, 2.75) is 0 Å². The SMILES string of the molecule is COc1cccc(N2CCN(C(=O)c3cc4c([nH]c5ccccc54)c(-c4cccs4)n3)CC2)c1. The maximum atomic E-state index is 13.6. The molecule has 0 radical (unpaired) electrons. The van der Waals surface area contributed by atoms with Crippen molar-refractivity contribution in [1.82, 2.24) is 14.9 Å². The first-order valence-electron chi connectivity index (χ1n) is 11.3. The lowest BCUT2D eigenvalue weighted by molar-refractivity contribution is 0.0741. The molecule has 5 aromatic rings. The molecule has 34 heavy (non-hydrogen) atoms. The van der Waals surface area contributed by atoms with Crippen LogP contribution in [0.5, 0.6) is 5.75 Å². The standard InChI is InChI=1S/C27H24N4O2S/c1-33-19-7-4-6-18(16-19)30-11-13-31(14-12-30)27(32)23-17-21-20-8-2-3-9-22(20)28-25(21)26(29-23)24-10-5-15-34-24/h2-10,15-17,28H,11-14H2,1H3. The minimum absolute atomic E-state index is 0.0183. The lowest BCUT2D eigenvalue weighted by Gasteiger charge is -2.36. The second kappa shape index (κ2) is 8.50. The molecule has 6 rings (SSSR count). The van der Waals surface area contributed by atoms with Gasteiger partial charge in [0.05, 0.1) is 17.5 Å². The van der Waals surface area contributed by atoms with Gasteiger partial charge in [-0.05, 0) is 35.7 Å². The highest BCUT2D eigenvalue weighted by Gasteiger charge is 2.25. The van der Waals surface area contributed by atoms with Gasteiger partial charge in [0.2, 0.25) is 0 Å². The van der Waals surface area contributed by atoms with Gasteiger partial charge in [-0.25, -0.2) is 4.98 Å². The van der Waals surface area contributed by atoms with Gasteiger partial charge in [0, 0.05) is 54.2 Å². The third-order valence-electron chi connectivity index (χ3n) is 6.46. The summed E-state index contributed by atoms with van der Waals surface area (Å²) in [6.07, 6.45) is 0. The van der Waals surface area contributed by atoms with Gasteiger partial charge in [0.25, 0.3) is 5.91 Å². The van der Waals surface area contributed by atoms with Gasteiger partial charge in [-0.3, -0.25) is 4.79 Å². The van der Waals surface area contributed by atoms with E-state index in [-0.39, 0.29) is 5.91 Å². The highest BCUT2D eigenvalue weighted by atomic mass is 32.1. The molecule has 7 heteroatoms. The minimum Gasteiger partial charge on any atom is -0.497 e. The average Bonchev–Trinajstić information content (AvgIpc) is 3.56. The Hall–Kier alpha value is -3.84. The zero-order valence-electron chi connectivity index (χ0n) is 18.8. The smallest absolute Gasteiger partial charge is 0.272 e. The van der Waals surface area contributed by atoms with E-state index in [1.807, 2.05) is 52.7 Å². The van der Waals surface area contributed by atoms with Crippen molar-refractivity contribution in [3.8, 4) is 16.3 Å². The molecule has 2 aromatic carbocycles. The molecule has 6 nitrogen and oxygen atoms in total. The fourth-order valence-electron chi connectivity index (χ4n) is 4.68. The van der Waals surface area contributed by atoms with Crippen LogP contribution in [-0.2, 0) is 0 Å². The number of nitrogens with zero attached hydrogens (tertiary/aromatic N) is 3. The largest absolute Gasteiger partial charge is 0.497 e. The Morgan fingerprint density at radius 3 is 2.62 bits per heavy atom. The molecule has 1 amide bonds. The number of pyridine rings is 1. The molecular weight excluding hydrogens is 444 g/mol. The molecule has 1 aliphatic rings. The summed E-state index contributed by atoms with van der Waals surface area (Å²) < 4.78 is 5.36. The van der Waals surface area contributed by atoms with Crippen LogP contribution in [0.2, 0.25) is 0 Å². The Labute approximate surface area is 201 Å². The number of carbonyl (C=O) groups is 1. The maximum absolute atomic E-state index is 13.6. The monoisotopic (exact) mass is 468 g/mol. The number of benzene rings is 2. The number of hydrogen-bond donors (Lipinski definition) is 1. The van der Waals surface area contributed by atoms with Gasteiger partial charge < -0.3 is 19.5 Å². The van der Waals surface area contributed by atoms with Gasteiger partial charge >= 0.3 is 0 Å². The fraction of sp³-hybridized carbons (Fsp3) is 0.185. The number of thiophene rings is 1. The Bertz CT molecular complexity index is 1480. The number of piperazine rings is 1. The van der Waals surface area contributed by atoms with Crippen LogP contribution in [0.3, 0.4) is 0 Å². The number of amides is 1. The average molecular weight is 469 g/mol. The lowest BCUT2D eigenvalue weighted by atomic mass is 10.1. The number of methoxy groups -OCH3 is 1. The molecule has 170 valence electrons. The van der Waals surface area contributed by atoms with Crippen LogP contribution in [0, 0.1) is 0 Å². The van der Waals surface area contributed by atoms with E-state index >= 15 is 0 Å². The number of carbonyl (C=O) groups excluding carboxylic acids is 1. The van der Waals surface area contributed by atoms with Crippen LogP contribution in [-0.4, -0.2) is 54.1 Å². The Morgan fingerprint density at radius 1 is 0.971 bits per heavy atom. The van der Waals surface area contributed by atoms with Crippen molar-refractivity contribution in [3.05, 3.63) is 77.8 Å². The maximum Gasteiger partial charge on any atom is 0.272 e.